The van der Waals surface area contributed by atoms with Crippen LogP contribution in [-0.4, -0.2) is 12.6 Å². The zero-order valence-electron chi connectivity index (χ0n) is 21.8. The number of hydrogen-bond acceptors (Lipinski definition) is 2. The summed E-state index contributed by atoms with van der Waals surface area (Å²) in [5.74, 6) is 1.76. The molecule has 0 amide bonds. The van der Waals surface area contributed by atoms with Gasteiger partial charge in [0.05, 0.1) is 12.0 Å². The maximum atomic E-state index is 13.4. The second-order valence-electron chi connectivity index (χ2n) is 11.8. The van der Waals surface area contributed by atoms with E-state index in [0.29, 0.717) is 24.4 Å². The van der Waals surface area contributed by atoms with Crippen molar-refractivity contribution in [2.75, 3.05) is 6.61 Å². The highest BCUT2D eigenvalue weighted by Gasteiger charge is 2.57. The number of allylic oxidation sites excluding steroid dienone is 4. The lowest BCUT2D eigenvalue weighted by atomic mass is 9.47. The standard InChI is InChI=1S/C30H50O2/c1-6-7-8-9-10-11-12-13-21-32-28(31)30(5)20-14-19-29(4)26-17-15-24(23(2)3)22-25(26)16-18-27(29)30/h16,22-23,26-27H,6-15,17-21H2,1-5H3/t26-,27?,29-,30+/m1/s1. The molecule has 0 aliphatic heterocycles. The third-order valence-electron chi connectivity index (χ3n) is 9.28. The van der Waals surface area contributed by atoms with E-state index in [9.17, 15) is 4.79 Å². The predicted molar refractivity (Wildman–Crippen MR) is 135 cm³/mol. The normalized spacial score (nSPS) is 32.1. The van der Waals surface area contributed by atoms with Crippen molar-refractivity contribution in [1.82, 2.24) is 0 Å². The van der Waals surface area contributed by atoms with Gasteiger partial charge in [-0.15, -0.1) is 0 Å². The van der Waals surface area contributed by atoms with Crippen molar-refractivity contribution < 1.29 is 9.53 Å². The van der Waals surface area contributed by atoms with E-state index in [4.69, 9.17) is 4.74 Å². The number of ether oxygens (including phenoxy) is 1. The van der Waals surface area contributed by atoms with E-state index in [0.717, 1.165) is 25.7 Å². The third-order valence-corrected chi connectivity index (χ3v) is 9.28. The summed E-state index contributed by atoms with van der Waals surface area (Å²) in [5, 5.41) is 0. The lowest BCUT2D eigenvalue weighted by Crippen LogP contribution is -2.53. The smallest absolute Gasteiger partial charge is 0.312 e. The quantitative estimate of drug-likeness (QED) is 0.236. The fourth-order valence-electron chi connectivity index (χ4n) is 7.15. The largest absolute Gasteiger partial charge is 0.465 e. The average Bonchev–Trinajstić information content (AvgIpc) is 2.77. The van der Waals surface area contributed by atoms with Crippen LogP contribution in [0.1, 0.15) is 125 Å². The van der Waals surface area contributed by atoms with Crippen LogP contribution in [0, 0.1) is 28.6 Å². The highest BCUT2D eigenvalue weighted by molar-refractivity contribution is 5.77. The van der Waals surface area contributed by atoms with E-state index in [1.54, 1.807) is 11.1 Å². The van der Waals surface area contributed by atoms with E-state index in [1.807, 2.05) is 0 Å². The first kappa shape index (κ1) is 25.6. The van der Waals surface area contributed by atoms with Crippen LogP contribution in [0.25, 0.3) is 0 Å². The van der Waals surface area contributed by atoms with E-state index >= 15 is 0 Å². The monoisotopic (exact) mass is 442 g/mol. The Balaban J connectivity index is 1.56. The number of esters is 1. The van der Waals surface area contributed by atoms with Crippen molar-refractivity contribution in [3.63, 3.8) is 0 Å². The molecular formula is C30H50O2. The van der Waals surface area contributed by atoms with Crippen molar-refractivity contribution in [1.29, 1.82) is 0 Å². The number of carbonyl (C=O) groups is 1. The summed E-state index contributed by atoms with van der Waals surface area (Å²) in [7, 11) is 0. The Hall–Kier alpha value is -1.05. The minimum atomic E-state index is -0.322. The fourth-order valence-corrected chi connectivity index (χ4v) is 7.15. The topological polar surface area (TPSA) is 26.3 Å². The van der Waals surface area contributed by atoms with Crippen LogP contribution in [-0.2, 0) is 9.53 Å². The molecule has 2 heteroatoms. The summed E-state index contributed by atoms with van der Waals surface area (Å²) in [6, 6.07) is 0. The second kappa shape index (κ2) is 11.4. The molecule has 32 heavy (non-hydrogen) atoms. The fraction of sp³-hybridized carbons (Fsp3) is 0.833. The highest BCUT2D eigenvalue weighted by atomic mass is 16.5. The average molecular weight is 443 g/mol. The molecule has 0 bridgehead atoms. The van der Waals surface area contributed by atoms with Gasteiger partial charge in [-0.1, -0.05) is 96.8 Å². The van der Waals surface area contributed by atoms with Crippen molar-refractivity contribution in [2.45, 2.75) is 125 Å². The molecule has 2 nitrogen and oxygen atoms in total. The molecule has 182 valence electrons. The van der Waals surface area contributed by atoms with Crippen LogP contribution in [0.3, 0.4) is 0 Å². The second-order valence-corrected chi connectivity index (χ2v) is 11.8. The number of hydrogen-bond donors (Lipinski definition) is 0. The van der Waals surface area contributed by atoms with Gasteiger partial charge < -0.3 is 4.74 Å². The number of carbonyl (C=O) groups excluding carboxylic acids is 1. The zero-order valence-corrected chi connectivity index (χ0v) is 21.8. The Morgan fingerprint density at radius 1 is 1.06 bits per heavy atom. The van der Waals surface area contributed by atoms with Gasteiger partial charge in [0, 0.05) is 0 Å². The molecule has 1 unspecified atom stereocenters. The molecule has 0 aromatic carbocycles. The van der Waals surface area contributed by atoms with Crippen LogP contribution < -0.4 is 0 Å². The number of fused-ring (bicyclic) bond motifs is 3. The van der Waals surface area contributed by atoms with Crippen LogP contribution >= 0.6 is 0 Å². The van der Waals surface area contributed by atoms with Crippen molar-refractivity contribution in [2.24, 2.45) is 28.6 Å². The molecule has 0 saturated heterocycles. The maximum absolute atomic E-state index is 13.4. The lowest BCUT2D eigenvalue weighted by Gasteiger charge is -2.57. The Kier molecular flexibility index (Phi) is 9.10. The summed E-state index contributed by atoms with van der Waals surface area (Å²) in [6.45, 7) is 12.2. The summed E-state index contributed by atoms with van der Waals surface area (Å²) in [4.78, 5) is 13.4. The van der Waals surface area contributed by atoms with Gasteiger partial charge >= 0.3 is 5.97 Å². The van der Waals surface area contributed by atoms with E-state index < -0.39 is 0 Å². The van der Waals surface area contributed by atoms with Crippen LogP contribution in [0.15, 0.2) is 23.3 Å². The Morgan fingerprint density at radius 3 is 2.44 bits per heavy atom. The molecule has 3 aliphatic carbocycles. The highest BCUT2D eigenvalue weighted by Crippen LogP contribution is 2.62. The molecule has 0 spiro atoms. The predicted octanol–water partition coefficient (Wildman–Crippen LogP) is 8.81. The van der Waals surface area contributed by atoms with E-state index in [2.05, 4.69) is 46.8 Å². The molecule has 0 aromatic heterocycles. The van der Waals surface area contributed by atoms with Gasteiger partial charge in [0.15, 0.2) is 0 Å². The summed E-state index contributed by atoms with van der Waals surface area (Å²) < 4.78 is 5.94. The molecule has 0 aromatic rings. The van der Waals surface area contributed by atoms with Gasteiger partial charge in [0.25, 0.3) is 0 Å². The zero-order chi connectivity index (χ0) is 23.2. The molecule has 0 heterocycles. The van der Waals surface area contributed by atoms with Crippen molar-refractivity contribution in [3.8, 4) is 0 Å². The number of rotatable bonds is 11. The minimum Gasteiger partial charge on any atom is -0.465 e. The van der Waals surface area contributed by atoms with Gasteiger partial charge in [0.1, 0.15) is 0 Å². The number of unbranched alkanes of at least 4 members (excludes halogenated alkanes) is 7. The molecule has 4 atom stereocenters. The van der Waals surface area contributed by atoms with Crippen LogP contribution in [0.4, 0.5) is 0 Å². The van der Waals surface area contributed by atoms with Crippen LogP contribution in [0.2, 0.25) is 0 Å². The van der Waals surface area contributed by atoms with E-state index in [-0.39, 0.29) is 16.8 Å². The first-order chi connectivity index (χ1) is 15.3. The molecule has 0 radical (unpaired) electrons. The summed E-state index contributed by atoms with van der Waals surface area (Å²) in [5.41, 5.74) is 3.08. The van der Waals surface area contributed by atoms with E-state index in [1.165, 1.54) is 64.2 Å². The molecule has 0 N–H and O–H groups in total. The lowest BCUT2D eigenvalue weighted by molar-refractivity contribution is -0.169. The molecule has 1 saturated carbocycles. The minimum absolute atomic E-state index is 0.0856. The van der Waals surface area contributed by atoms with Gasteiger partial charge in [-0.3, -0.25) is 4.79 Å². The molecular weight excluding hydrogens is 392 g/mol. The first-order valence-electron chi connectivity index (χ1n) is 13.9. The maximum Gasteiger partial charge on any atom is 0.312 e. The SMILES string of the molecule is CCCCCCCCCCOC(=O)[C@@]1(C)CCC[C@@]2(C)C1CC=C1C=C(C(C)C)CC[C@H]12. The first-order valence-corrected chi connectivity index (χ1v) is 13.9. The van der Waals surface area contributed by atoms with Crippen molar-refractivity contribution in [3.05, 3.63) is 23.3 Å². The van der Waals surface area contributed by atoms with Crippen LogP contribution in [0.5, 0.6) is 0 Å². The van der Waals surface area contributed by atoms with Gasteiger partial charge in [-0.2, -0.15) is 0 Å². The van der Waals surface area contributed by atoms with Crippen molar-refractivity contribution >= 4 is 5.97 Å². The molecule has 3 aliphatic rings. The third kappa shape index (κ3) is 5.53. The summed E-state index contributed by atoms with van der Waals surface area (Å²) >= 11 is 0. The van der Waals surface area contributed by atoms with Gasteiger partial charge in [-0.25, -0.2) is 0 Å². The van der Waals surface area contributed by atoms with Gasteiger partial charge in [-0.05, 0) is 74.2 Å². The molecule has 3 rings (SSSR count). The summed E-state index contributed by atoms with van der Waals surface area (Å²) in [6.07, 6.45) is 22.1. The molecule has 1 fully saturated rings. The Bertz CT molecular complexity index is 687. The Morgan fingerprint density at radius 2 is 1.75 bits per heavy atom. The Labute approximate surface area is 198 Å². The van der Waals surface area contributed by atoms with Gasteiger partial charge in [0.2, 0.25) is 0 Å².